The number of thioether (sulfide) groups is 1. The molecule has 0 aliphatic carbocycles. The molecule has 0 amide bonds. The maximum atomic E-state index is 6.16. The van der Waals surface area contributed by atoms with Crippen molar-refractivity contribution in [3.8, 4) is 0 Å². The molecule has 5 heteroatoms. The summed E-state index contributed by atoms with van der Waals surface area (Å²) in [5, 5.41) is 0. The first-order chi connectivity index (χ1) is 9.29. The third-order valence-electron chi connectivity index (χ3n) is 3.53. The summed E-state index contributed by atoms with van der Waals surface area (Å²) in [5.41, 5.74) is 6.16. The fraction of sp³-hybridized carbons (Fsp3) is 0.643. The maximum Gasteiger partial charge on any atom is 0.128 e. The second-order valence-electron chi connectivity index (χ2n) is 5.02. The molecular weight excluding hydrogens is 256 g/mol. The van der Waals surface area contributed by atoms with E-state index < -0.39 is 0 Å². The van der Waals surface area contributed by atoms with Crippen molar-refractivity contribution in [1.29, 1.82) is 0 Å². The van der Waals surface area contributed by atoms with Crippen LogP contribution in [-0.2, 0) is 0 Å². The normalized spacial score (nSPS) is 18.5. The fourth-order valence-electron chi connectivity index (χ4n) is 2.39. The number of aromatic nitrogens is 1. The Bertz CT molecular complexity index is 352. The molecule has 0 bridgehead atoms. The van der Waals surface area contributed by atoms with E-state index in [2.05, 4.69) is 27.1 Å². The van der Waals surface area contributed by atoms with Crippen molar-refractivity contribution in [3.05, 3.63) is 24.4 Å². The van der Waals surface area contributed by atoms with Gasteiger partial charge in [-0.15, -0.1) is 0 Å². The molecular formula is C14H24N4S. The van der Waals surface area contributed by atoms with E-state index >= 15 is 0 Å². The van der Waals surface area contributed by atoms with Gasteiger partial charge in [-0.1, -0.05) is 6.07 Å². The Labute approximate surface area is 120 Å². The molecule has 1 aliphatic rings. The molecule has 1 aromatic heterocycles. The minimum absolute atomic E-state index is 0.314. The lowest BCUT2D eigenvalue weighted by Gasteiger charge is -2.36. The summed E-state index contributed by atoms with van der Waals surface area (Å²) in [5.74, 6) is 2.25. The molecule has 0 aromatic carbocycles. The predicted octanol–water partition coefficient (Wildman–Crippen LogP) is 1.28. The summed E-state index contributed by atoms with van der Waals surface area (Å²) in [6.07, 6.45) is 5.11. The quantitative estimate of drug-likeness (QED) is 0.850. The molecule has 0 radical (unpaired) electrons. The zero-order valence-corrected chi connectivity index (χ0v) is 12.5. The first kappa shape index (κ1) is 14.6. The first-order valence-corrected chi connectivity index (χ1v) is 8.32. The topological polar surface area (TPSA) is 45.4 Å². The van der Waals surface area contributed by atoms with E-state index in [0.29, 0.717) is 6.04 Å². The highest BCUT2D eigenvalue weighted by Gasteiger charge is 2.19. The predicted molar refractivity (Wildman–Crippen MR) is 83.9 cm³/mol. The van der Waals surface area contributed by atoms with Crippen LogP contribution in [0.5, 0.6) is 0 Å². The SMILES string of the molecule is CSCC[C@H](N)CN1CCN(c2ccccn2)CC1. The van der Waals surface area contributed by atoms with Gasteiger partial charge in [-0.05, 0) is 30.6 Å². The van der Waals surface area contributed by atoms with E-state index in [-0.39, 0.29) is 0 Å². The Balaban J connectivity index is 1.73. The van der Waals surface area contributed by atoms with Crippen LogP contribution in [0, 0.1) is 0 Å². The van der Waals surface area contributed by atoms with Gasteiger partial charge in [0.25, 0.3) is 0 Å². The molecule has 1 aromatic rings. The van der Waals surface area contributed by atoms with Crippen LogP contribution in [-0.4, -0.2) is 60.7 Å². The number of rotatable bonds is 6. The van der Waals surface area contributed by atoms with Crippen molar-refractivity contribution in [2.24, 2.45) is 5.73 Å². The third kappa shape index (κ3) is 4.67. The Morgan fingerprint density at radius 2 is 2.11 bits per heavy atom. The van der Waals surface area contributed by atoms with Crippen LogP contribution in [0.3, 0.4) is 0 Å². The lowest BCUT2D eigenvalue weighted by atomic mass is 10.2. The molecule has 19 heavy (non-hydrogen) atoms. The van der Waals surface area contributed by atoms with Gasteiger partial charge in [-0.3, -0.25) is 4.90 Å². The molecule has 1 atom stereocenters. The van der Waals surface area contributed by atoms with Crippen molar-refractivity contribution < 1.29 is 0 Å². The summed E-state index contributed by atoms with van der Waals surface area (Å²) >= 11 is 1.87. The Morgan fingerprint density at radius 1 is 1.32 bits per heavy atom. The zero-order valence-electron chi connectivity index (χ0n) is 11.7. The summed E-state index contributed by atoms with van der Waals surface area (Å²) in [4.78, 5) is 9.24. The van der Waals surface area contributed by atoms with Crippen LogP contribution in [0.15, 0.2) is 24.4 Å². The van der Waals surface area contributed by atoms with Gasteiger partial charge in [0.1, 0.15) is 5.82 Å². The van der Waals surface area contributed by atoms with E-state index in [1.807, 2.05) is 30.1 Å². The smallest absolute Gasteiger partial charge is 0.128 e. The minimum atomic E-state index is 0.314. The van der Waals surface area contributed by atoms with E-state index in [0.717, 1.165) is 50.7 Å². The van der Waals surface area contributed by atoms with Crippen molar-refractivity contribution in [1.82, 2.24) is 9.88 Å². The van der Waals surface area contributed by atoms with E-state index in [9.17, 15) is 0 Å². The van der Waals surface area contributed by atoms with Crippen LogP contribution < -0.4 is 10.6 Å². The Morgan fingerprint density at radius 3 is 2.74 bits per heavy atom. The number of nitrogens with zero attached hydrogens (tertiary/aromatic N) is 3. The largest absolute Gasteiger partial charge is 0.354 e. The average molecular weight is 280 g/mol. The summed E-state index contributed by atoms with van der Waals surface area (Å²) < 4.78 is 0. The lowest BCUT2D eigenvalue weighted by Crippen LogP contribution is -2.50. The van der Waals surface area contributed by atoms with Gasteiger partial charge in [0, 0.05) is 45.0 Å². The van der Waals surface area contributed by atoms with Crippen LogP contribution in [0.2, 0.25) is 0 Å². The highest BCUT2D eigenvalue weighted by Crippen LogP contribution is 2.12. The van der Waals surface area contributed by atoms with Crippen LogP contribution in [0.1, 0.15) is 6.42 Å². The molecule has 2 heterocycles. The number of piperazine rings is 1. The van der Waals surface area contributed by atoms with Crippen LogP contribution in [0.4, 0.5) is 5.82 Å². The molecule has 0 unspecified atom stereocenters. The number of nitrogens with two attached hydrogens (primary N) is 1. The monoisotopic (exact) mass is 280 g/mol. The average Bonchev–Trinajstić information content (AvgIpc) is 2.47. The molecule has 2 rings (SSSR count). The second-order valence-corrected chi connectivity index (χ2v) is 6.00. The highest BCUT2D eigenvalue weighted by atomic mass is 32.2. The maximum absolute atomic E-state index is 6.16. The highest BCUT2D eigenvalue weighted by molar-refractivity contribution is 7.98. The first-order valence-electron chi connectivity index (χ1n) is 6.92. The van der Waals surface area contributed by atoms with Crippen LogP contribution in [0.25, 0.3) is 0 Å². The van der Waals surface area contributed by atoms with Gasteiger partial charge in [-0.25, -0.2) is 4.98 Å². The van der Waals surface area contributed by atoms with Gasteiger partial charge in [0.2, 0.25) is 0 Å². The minimum Gasteiger partial charge on any atom is -0.354 e. The van der Waals surface area contributed by atoms with Crippen molar-refractivity contribution in [3.63, 3.8) is 0 Å². The van der Waals surface area contributed by atoms with E-state index in [1.54, 1.807) is 0 Å². The van der Waals surface area contributed by atoms with Crippen molar-refractivity contribution in [2.45, 2.75) is 12.5 Å². The second kappa shape index (κ2) is 7.72. The summed E-state index contributed by atoms with van der Waals surface area (Å²) in [6.45, 7) is 5.29. The van der Waals surface area contributed by atoms with Crippen LogP contribution >= 0.6 is 11.8 Å². The molecule has 1 aliphatic heterocycles. The van der Waals surface area contributed by atoms with E-state index in [1.165, 1.54) is 0 Å². The molecule has 0 spiro atoms. The standard InChI is InChI=1S/C14H24N4S/c1-19-11-5-13(15)12-17-7-9-18(10-8-17)14-4-2-3-6-16-14/h2-4,6,13H,5,7-12,15H2,1H3/t13-/m0/s1. The molecule has 1 saturated heterocycles. The molecule has 0 saturated carbocycles. The third-order valence-corrected chi connectivity index (χ3v) is 4.17. The molecule has 1 fully saturated rings. The van der Waals surface area contributed by atoms with Gasteiger partial charge >= 0.3 is 0 Å². The number of hydrogen-bond acceptors (Lipinski definition) is 5. The van der Waals surface area contributed by atoms with Crippen molar-refractivity contribution >= 4 is 17.6 Å². The van der Waals surface area contributed by atoms with E-state index in [4.69, 9.17) is 5.73 Å². The molecule has 4 nitrogen and oxygen atoms in total. The Hall–Kier alpha value is -0.780. The summed E-state index contributed by atoms with van der Waals surface area (Å²) in [7, 11) is 0. The van der Waals surface area contributed by atoms with Gasteiger partial charge in [0.05, 0.1) is 0 Å². The van der Waals surface area contributed by atoms with Gasteiger partial charge < -0.3 is 10.6 Å². The number of hydrogen-bond donors (Lipinski definition) is 1. The van der Waals surface area contributed by atoms with Crippen molar-refractivity contribution in [2.75, 3.05) is 49.6 Å². The van der Waals surface area contributed by atoms with Gasteiger partial charge in [0.15, 0.2) is 0 Å². The zero-order chi connectivity index (χ0) is 13.5. The number of pyridine rings is 1. The fourth-order valence-corrected chi connectivity index (χ4v) is 2.93. The number of anilines is 1. The lowest BCUT2D eigenvalue weighted by molar-refractivity contribution is 0.240. The summed E-state index contributed by atoms with van der Waals surface area (Å²) in [6, 6.07) is 6.41. The van der Waals surface area contributed by atoms with Gasteiger partial charge in [-0.2, -0.15) is 11.8 Å². The molecule has 2 N–H and O–H groups in total. The Kier molecular flexibility index (Phi) is 5.94. The molecule has 106 valence electrons.